The highest BCUT2D eigenvalue weighted by Gasteiger charge is 2.33. The molecule has 2 fully saturated rings. The van der Waals surface area contributed by atoms with Crippen LogP contribution >= 0.6 is 0 Å². The topological polar surface area (TPSA) is 19.0 Å². The van der Waals surface area contributed by atoms with E-state index in [1.54, 1.807) is 7.11 Å². The van der Waals surface area contributed by atoms with E-state index in [2.05, 4.69) is 40.0 Å². The monoisotopic (exact) mass is 263 g/mol. The van der Waals surface area contributed by atoms with Gasteiger partial charge in [0, 0.05) is 58.1 Å². The average Bonchev–Trinajstić information content (AvgIpc) is 2.40. The minimum absolute atomic E-state index is 0.266. The molecule has 0 saturated carbocycles. The third kappa shape index (κ3) is 2.86. The summed E-state index contributed by atoms with van der Waals surface area (Å²) in [5.74, 6) is 0. The molecule has 0 radical (unpaired) electrons. The fourth-order valence-corrected chi connectivity index (χ4v) is 3.10. The Morgan fingerprint density at radius 3 is 2.58 bits per heavy atom. The second kappa shape index (κ2) is 5.65. The van der Waals surface area contributed by atoms with Gasteiger partial charge in [0.05, 0.1) is 6.10 Å². The smallest absolute Gasteiger partial charge is 0.0809 e. The number of allylic oxidation sites excluding steroid dienone is 1. The molecule has 0 aromatic heterocycles. The maximum Gasteiger partial charge on any atom is 0.0809 e. The third-order valence-electron chi connectivity index (χ3n) is 4.60. The lowest BCUT2D eigenvalue weighted by atomic mass is 10.0. The number of piperazine rings is 1. The molecule has 19 heavy (non-hydrogen) atoms. The molecule has 0 amide bonds. The van der Waals surface area contributed by atoms with Gasteiger partial charge in [-0.1, -0.05) is 6.08 Å². The van der Waals surface area contributed by atoms with Crippen molar-refractivity contribution in [2.24, 2.45) is 0 Å². The van der Waals surface area contributed by atoms with Crippen molar-refractivity contribution in [3.8, 4) is 0 Å². The van der Waals surface area contributed by atoms with Gasteiger partial charge in [-0.15, -0.1) is 0 Å². The molecule has 0 aromatic carbocycles. The lowest BCUT2D eigenvalue weighted by Gasteiger charge is -2.49. The molecule has 2 heterocycles. The van der Waals surface area contributed by atoms with Crippen molar-refractivity contribution in [1.82, 2.24) is 14.7 Å². The summed E-state index contributed by atoms with van der Waals surface area (Å²) < 4.78 is 5.42. The van der Waals surface area contributed by atoms with Crippen molar-refractivity contribution in [1.29, 1.82) is 0 Å². The molecule has 1 unspecified atom stereocenters. The number of methoxy groups -OCH3 is 1. The van der Waals surface area contributed by atoms with Crippen molar-refractivity contribution >= 4 is 0 Å². The summed E-state index contributed by atoms with van der Waals surface area (Å²) in [6.45, 7) is 7.23. The maximum absolute atomic E-state index is 5.42. The number of likely N-dealkylation sites (tertiary alicyclic amines) is 1. The van der Waals surface area contributed by atoms with Crippen molar-refractivity contribution < 1.29 is 4.74 Å². The molecule has 0 N–H and O–H groups in total. The minimum Gasteiger partial charge on any atom is -0.377 e. The lowest BCUT2D eigenvalue weighted by Crippen LogP contribution is -2.62. The van der Waals surface area contributed by atoms with Gasteiger partial charge in [0.1, 0.15) is 0 Å². The highest BCUT2D eigenvalue weighted by molar-refractivity contribution is 5.26. The van der Waals surface area contributed by atoms with Gasteiger partial charge >= 0.3 is 0 Å². The van der Waals surface area contributed by atoms with E-state index in [0.717, 1.165) is 12.5 Å². The molecule has 3 aliphatic rings. The van der Waals surface area contributed by atoms with Crippen LogP contribution in [0, 0.1) is 0 Å². The number of likely N-dealkylation sites (N-methyl/N-ethyl adjacent to an activating group) is 1. The Balaban J connectivity index is 1.50. The van der Waals surface area contributed by atoms with Crippen LogP contribution < -0.4 is 0 Å². The lowest BCUT2D eigenvalue weighted by molar-refractivity contribution is 0.0275. The SMILES string of the molecule is COC1C=C(N2CC(N3CCN(C)CC3)C2)C=CC1. The molecule has 0 spiro atoms. The summed E-state index contributed by atoms with van der Waals surface area (Å²) in [5.41, 5.74) is 1.35. The number of hydrogen-bond donors (Lipinski definition) is 0. The van der Waals surface area contributed by atoms with Crippen molar-refractivity contribution in [3.63, 3.8) is 0 Å². The summed E-state index contributed by atoms with van der Waals surface area (Å²) in [4.78, 5) is 7.55. The Labute approximate surface area is 116 Å². The van der Waals surface area contributed by atoms with Crippen LogP contribution in [0.5, 0.6) is 0 Å². The van der Waals surface area contributed by atoms with E-state index in [9.17, 15) is 0 Å². The summed E-state index contributed by atoms with van der Waals surface area (Å²) in [6, 6.07) is 0.755. The van der Waals surface area contributed by atoms with Crippen molar-refractivity contribution in [2.45, 2.75) is 18.6 Å². The molecule has 3 rings (SSSR count). The molecule has 0 aromatic rings. The first-order valence-electron chi connectivity index (χ1n) is 7.35. The molecule has 4 nitrogen and oxygen atoms in total. The van der Waals surface area contributed by atoms with Crippen LogP contribution in [0.3, 0.4) is 0 Å². The zero-order valence-electron chi connectivity index (χ0n) is 12.1. The molecule has 1 atom stereocenters. The second-order valence-corrected chi connectivity index (χ2v) is 5.90. The van der Waals surface area contributed by atoms with Crippen LogP contribution in [0.1, 0.15) is 6.42 Å². The zero-order chi connectivity index (χ0) is 13.2. The second-order valence-electron chi connectivity index (χ2n) is 5.90. The molecule has 1 aliphatic carbocycles. The predicted molar refractivity (Wildman–Crippen MR) is 77.1 cm³/mol. The number of ether oxygens (including phenoxy) is 1. The molecule has 0 bridgehead atoms. The zero-order valence-corrected chi connectivity index (χ0v) is 12.1. The fourth-order valence-electron chi connectivity index (χ4n) is 3.10. The van der Waals surface area contributed by atoms with Crippen molar-refractivity contribution in [3.05, 3.63) is 23.9 Å². The standard InChI is InChI=1S/C15H25N3O/c1-16-6-8-17(9-7-16)14-11-18(12-14)13-4-3-5-15(10-13)19-2/h3-4,10,14-15H,5-9,11-12H2,1-2H3. The Bertz CT molecular complexity index is 366. The maximum atomic E-state index is 5.42. The van der Waals surface area contributed by atoms with Gasteiger partial charge < -0.3 is 14.5 Å². The largest absolute Gasteiger partial charge is 0.377 e. The van der Waals surface area contributed by atoms with Gasteiger partial charge in [-0.25, -0.2) is 0 Å². The van der Waals surface area contributed by atoms with E-state index in [1.165, 1.54) is 45.0 Å². The van der Waals surface area contributed by atoms with Gasteiger partial charge in [-0.3, -0.25) is 4.90 Å². The number of hydrogen-bond acceptors (Lipinski definition) is 4. The van der Waals surface area contributed by atoms with E-state index in [1.807, 2.05) is 0 Å². The van der Waals surface area contributed by atoms with Gasteiger partial charge in [0.2, 0.25) is 0 Å². The molecule has 2 aliphatic heterocycles. The molecule has 4 heteroatoms. The highest BCUT2D eigenvalue weighted by atomic mass is 16.5. The fraction of sp³-hybridized carbons (Fsp3) is 0.733. The van der Waals surface area contributed by atoms with E-state index in [-0.39, 0.29) is 6.10 Å². The van der Waals surface area contributed by atoms with Crippen LogP contribution in [0.4, 0.5) is 0 Å². The molecular weight excluding hydrogens is 238 g/mol. The first kappa shape index (κ1) is 13.2. The Morgan fingerprint density at radius 2 is 1.89 bits per heavy atom. The highest BCUT2D eigenvalue weighted by Crippen LogP contribution is 2.25. The molecule has 106 valence electrons. The van der Waals surface area contributed by atoms with Gasteiger partial charge in [0.15, 0.2) is 0 Å². The first-order valence-corrected chi connectivity index (χ1v) is 7.35. The van der Waals surface area contributed by atoms with Crippen molar-refractivity contribution in [2.75, 3.05) is 53.4 Å². The van der Waals surface area contributed by atoms with Crippen LogP contribution in [0.25, 0.3) is 0 Å². The molecular formula is C15H25N3O. The summed E-state index contributed by atoms with van der Waals surface area (Å²) in [5, 5.41) is 0. The summed E-state index contributed by atoms with van der Waals surface area (Å²) >= 11 is 0. The van der Waals surface area contributed by atoms with Gasteiger partial charge in [-0.2, -0.15) is 0 Å². The number of rotatable bonds is 3. The van der Waals surface area contributed by atoms with Gasteiger partial charge in [-0.05, 0) is 25.6 Å². The van der Waals surface area contributed by atoms with E-state index in [4.69, 9.17) is 4.74 Å². The Morgan fingerprint density at radius 1 is 1.16 bits per heavy atom. The van der Waals surface area contributed by atoms with E-state index >= 15 is 0 Å². The summed E-state index contributed by atoms with van der Waals surface area (Å²) in [6.07, 6.45) is 8.01. The third-order valence-corrected chi connectivity index (χ3v) is 4.60. The first-order chi connectivity index (χ1) is 9.26. The minimum atomic E-state index is 0.266. The predicted octanol–water partition coefficient (Wildman–Crippen LogP) is 0.777. The van der Waals surface area contributed by atoms with Gasteiger partial charge in [0.25, 0.3) is 0 Å². The van der Waals surface area contributed by atoms with E-state index < -0.39 is 0 Å². The van der Waals surface area contributed by atoms with Crippen LogP contribution in [-0.4, -0.2) is 80.3 Å². The van der Waals surface area contributed by atoms with Crippen LogP contribution in [-0.2, 0) is 4.74 Å². The Hall–Kier alpha value is -0.840. The number of nitrogens with zero attached hydrogens (tertiary/aromatic N) is 3. The normalized spacial score (nSPS) is 30.3. The summed E-state index contributed by atoms with van der Waals surface area (Å²) in [7, 11) is 4.01. The average molecular weight is 263 g/mol. The van der Waals surface area contributed by atoms with Crippen LogP contribution in [0.15, 0.2) is 23.9 Å². The van der Waals surface area contributed by atoms with Crippen LogP contribution in [0.2, 0.25) is 0 Å². The Kier molecular flexibility index (Phi) is 3.91. The quantitative estimate of drug-likeness (QED) is 0.749. The van der Waals surface area contributed by atoms with E-state index in [0.29, 0.717) is 0 Å². The molecule has 2 saturated heterocycles.